The fourth-order valence-corrected chi connectivity index (χ4v) is 3.00. The van der Waals surface area contributed by atoms with Gasteiger partial charge in [0.2, 0.25) is 0 Å². The summed E-state index contributed by atoms with van der Waals surface area (Å²) in [5.74, 6) is -0.267. The van der Waals surface area contributed by atoms with Crippen LogP contribution in [-0.4, -0.2) is 21.3 Å². The molecule has 8 heteroatoms. The summed E-state index contributed by atoms with van der Waals surface area (Å²) in [4.78, 5) is 13.1. The zero-order valence-corrected chi connectivity index (χ0v) is 14.1. The van der Waals surface area contributed by atoms with Crippen LogP contribution in [0.4, 0.5) is 4.39 Å². The van der Waals surface area contributed by atoms with Gasteiger partial charge < -0.3 is 9.26 Å². The number of halogens is 1. The molecule has 0 aliphatic rings. The Hall–Kier alpha value is -3.26. The van der Waals surface area contributed by atoms with E-state index in [0.29, 0.717) is 22.7 Å². The maximum atomic E-state index is 13.0. The van der Waals surface area contributed by atoms with Crippen LogP contribution >= 0.6 is 11.3 Å². The van der Waals surface area contributed by atoms with Gasteiger partial charge >= 0.3 is 5.97 Å². The molecule has 0 bridgehead atoms. The Balaban J connectivity index is 1.40. The fraction of sp³-hybridized carbons (Fsp3) is 0.0556. The number of nitrogens with zero attached hydrogens (tertiary/aromatic N) is 2. The lowest BCUT2D eigenvalue weighted by atomic mass is 10.1. The molecule has 4 aromatic rings. The third kappa shape index (κ3) is 3.40. The number of benzene rings is 1. The number of esters is 1. The fourth-order valence-electron chi connectivity index (χ4n) is 2.33. The van der Waals surface area contributed by atoms with Gasteiger partial charge in [0, 0.05) is 11.6 Å². The zero-order valence-electron chi connectivity index (χ0n) is 13.3. The van der Waals surface area contributed by atoms with Crippen molar-refractivity contribution in [1.82, 2.24) is 15.4 Å². The van der Waals surface area contributed by atoms with E-state index < -0.39 is 5.97 Å². The first kappa shape index (κ1) is 16.2. The monoisotopic (exact) mass is 369 g/mol. The highest BCUT2D eigenvalue weighted by Gasteiger charge is 2.14. The lowest BCUT2D eigenvalue weighted by molar-refractivity contribution is 0.0457. The summed E-state index contributed by atoms with van der Waals surface area (Å²) in [6.45, 7) is -0.0153. The minimum atomic E-state index is -0.563. The summed E-state index contributed by atoms with van der Waals surface area (Å²) < 4.78 is 23.4. The Morgan fingerprint density at radius 2 is 2.08 bits per heavy atom. The van der Waals surface area contributed by atoms with Crippen LogP contribution in [0.15, 0.2) is 58.4 Å². The van der Waals surface area contributed by atoms with E-state index in [4.69, 9.17) is 9.26 Å². The molecule has 0 radical (unpaired) electrons. The van der Waals surface area contributed by atoms with Gasteiger partial charge in [0.05, 0.1) is 10.6 Å². The summed E-state index contributed by atoms with van der Waals surface area (Å²) in [6, 6.07) is 13.0. The second-order valence-electron chi connectivity index (χ2n) is 5.41. The van der Waals surface area contributed by atoms with Gasteiger partial charge in [-0.3, -0.25) is 5.10 Å². The van der Waals surface area contributed by atoms with Crippen molar-refractivity contribution >= 4 is 17.3 Å². The van der Waals surface area contributed by atoms with Crippen molar-refractivity contribution in [2.75, 3.05) is 0 Å². The van der Waals surface area contributed by atoms with Crippen molar-refractivity contribution in [3.05, 3.63) is 71.1 Å². The third-order valence-corrected chi connectivity index (χ3v) is 4.50. The maximum absolute atomic E-state index is 13.0. The molecule has 130 valence electrons. The highest BCUT2D eigenvalue weighted by molar-refractivity contribution is 7.13. The van der Waals surface area contributed by atoms with E-state index in [9.17, 15) is 9.18 Å². The van der Waals surface area contributed by atoms with E-state index in [2.05, 4.69) is 15.4 Å². The van der Waals surface area contributed by atoms with Crippen molar-refractivity contribution in [3.63, 3.8) is 0 Å². The minimum absolute atomic E-state index is 0.0153. The number of thiophene rings is 1. The van der Waals surface area contributed by atoms with Gasteiger partial charge in [-0.2, -0.15) is 5.10 Å². The van der Waals surface area contributed by atoms with E-state index in [1.807, 2.05) is 17.5 Å². The average Bonchev–Trinajstić information content (AvgIpc) is 3.41. The maximum Gasteiger partial charge on any atom is 0.356 e. The molecule has 1 N–H and O–H groups in total. The van der Waals surface area contributed by atoms with Crippen LogP contribution in [0.5, 0.6) is 0 Å². The quantitative estimate of drug-likeness (QED) is 0.531. The number of hydrogen-bond donors (Lipinski definition) is 1. The van der Waals surface area contributed by atoms with Gasteiger partial charge in [-0.15, -0.1) is 11.3 Å². The SMILES string of the molecule is O=C(OCc1cc(-c2cccs2)on1)c1cc(-c2ccc(F)cc2)n[nH]1. The highest BCUT2D eigenvalue weighted by atomic mass is 32.1. The predicted octanol–water partition coefficient (Wildman–Crippen LogP) is 4.29. The van der Waals surface area contributed by atoms with Crippen molar-refractivity contribution in [2.45, 2.75) is 6.61 Å². The molecule has 3 heterocycles. The Morgan fingerprint density at radius 1 is 1.23 bits per heavy atom. The second kappa shape index (κ2) is 6.93. The van der Waals surface area contributed by atoms with Crippen molar-refractivity contribution < 1.29 is 18.4 Å². The first-order valence-corrected chi connectivity index (χ1v) is 8.55. The number of nitrogens with one attached hydrogen (secondary N) is 1. The number of aromatic nitrogens is 3. The molecule has 0 fully saturated rings. The van der Waals surface area contributed by atoms with Crippen LogP contribution in [0.2, 0.25) is 0 Å². The van der Waals surface area contributed by atoms with Gasteiger partial charge in [0.1, 0.15) is 23.8 Å². The number of hydrogen-bond acceptors (Lipinski definition) is 6. The van der Waals surface area contributed by atoms with Gasteiger partial charge in [-0.25, -0.2) is 9.18 Å². The molecule has 0 atom stereocenters. The second-order valence-corrected chi connectivity index (χ2v) is 6.36. The number of aromatic amines is 1. The molecule has 0 spiro atoms. The molecule has 0 aliphatic carbocycles. The average molecular weight is 369 g/mol. The third-order valence-electron chi connectivity index (χ3n) is 3.61. The van der Waals surface area contributed by atoms with Crippen LogP contribution in [0.25, 0.3) is 21.9 Å². The van der Waals surface area contributed by atoms with E-state index in [-0.39, 0.29) is 18.1 Å². The number of rotatable bonds is 5. The van der Waals surface area contributed by atoms with Crippen molar-refractivity contribution in [1.29, 1.82) is 0 Å². The molecule has 0 amide bonds. The molecular formula is C18H12FN3O3S. The smallest absolute Gasteiger partial charge is 0.356 e. The van der Waals surface area contributed by atoms with Gasteiger partial charge in [-0.1, -0.05) is 11.2 Å². The Kier molecular flexibility index (Phi) is 4.32. The predicted molar refractivity (Wildman–Crippen MR) is 92.9 cm³/mol. The minimum Gasteiger partial charge on any atom is -0.454 e. The molecule has 0 unspecified atom stereocenters. The molecular weight excluding hydrogens is 357 g/mol. The Bertz CT molecular complexity index is 1020. The normalized spacial score (nSPS) is 10.8. The standard InChI is InChI=1S/C18H12FN3O3S/c19-12-5-3-11(4-6-12)14-9-15(21-20-14)18(23)24-10-13-8-16(25-22-13)17-2-1-7-26-17/h1-9H,10H2,(H,20,21). The number of H-pyrrole nitrogens is 1. The number of carbonyl (C=O) groups excluding carboxylic acids is 1. The molecule has 26 heavy (non-hydrogen) atoms. The Morgan fingerprint density at radius 3 is 2.85 bits per heavy atom. The van der Waals surface area contributed by atoms with Crippen molar-refractivity contribution in [3.8, 4) is 21.9 Å². The first-order chi connectivity index (χ1) is 12.7. The summed E-state index contributed by atoms with van der Waals surface area (Å²) in [6.07, 6.45) is 0. The molecule has 3 aromatic heterocycles. The first-order valence-electron chi connectivity index (χ1n) is 7.67. The van der Waals surface area contributed by atoms with E-state index in [0.717, 1.165) is 4.88 Å². The molecule has 0 aliphatic heterocycles. The van der Waals surface area contributed by atoms with E-state index in [1.54, 1.807) is 24.3 Å². The van der Waals surface area contributed by atoms with Gasteiger partial charge in [-0.05, 0) is 41.8 Å². The highest BCUT2D eigenvalue weighted by Crippen LogP contribution is 2.25. The van der Waals surface area contributed by atoms with Crippen molar-refractivity contribution in [2.24, 2.45) is 0 Å². The van der Waals surface area contributed by atoms with Crippen LogP contribution in [0, 0.1) is 5.82 Å². The van der Waals surface area contributed by atoms with Crippen LogP contribution in [0.1, 0.15) is 16.2 Å². The van der Waals surface area contributed by atoms with Gasteiger partial charge in [0.15, 0.2) is 5.76 Å². The lowest BCUT2D eigenvalue weighted by Gasteiger charge is -1.99. The molecule has 6 nitrogen and oxygen atoms in total. The largest absolute Gasteiger partial charge is 0.454 e. The molecule has 0 saturated carbocycles. The molecule has 0 saturated heterocycles. The summed E-state index contributed by atoms with van der Waals surface area (Å²) in [5.41, 5.74) is 1.93. The Labute approximate surface area is 151 Å². The van der Waals surface area contributed by atoms with E-state index >= 15 is 0 Å². The zero-order chi connectivity index (χ0) is 17.9. The van der Waals surface area contributed by atoms with Crippen LogP contribution < -0.4 is 0 Å². The van der Waals surface area contributed by atoms with Crippen LogP contribution in [-0.2, 0) is 11.3 Å². The van der Waals surface area contributed by atoms with Crippen LogP contribution in [0.3, 0.4) is 0 Å². The summed E-state index contributed by atoms with van der Waals surface area (Å²) in [5, 5.41) is 12.5. The molecule has 4 rings (SSSR count). The van der Waals surface area contributed by atoms with Gasteiger partial charge in [0.25, 0.3) is 0 Å². The van der Waals surface area contributed by atoms with E-state index in [1.165, 1.54) is 23.5 Å². The lowest BCUT2D eigenvalue weighted by Crippen LogP contribution is -2.05. The number of ether oxygens (including phenoxy) is 1. The number of carbonyl (C=O) groups is 1. The summed E-state index contributed by atoms with van der Waals surface area (Å²) in [7, 11) is 0. The summed E-state index contributed by atoms with van der Waals surface area (Å²) >= 11 is 1.53. The topological polar surface area (TPSA) is 81.0 Å². The molecule has 1 aromatic carbocycles.